The van der Waals surface area contributed by atoms with Crippen molar-refractivity contribution in [3.8, 4) is 5.69 Å². The predicted molar refractivity (Wildman–Crippen MR) is 124 cm³/mol. The maximum atomic E-state index is 13.5. The number of amides is 1. The fourth-order valence-electron chi connectivity index (χ4n) is 3.09. The number of hydrogen-bond donors (Lipinski definition) is 2. The van der Waals surface area contributed by atoms with E-state index in [9.17, 15) is 14.0 Å². The molecule has 0 saturated heterocycles. The molecule has 1 amide bonds. The van der Waals surface area contributed by atoms with Gasteiger partial charge >= 0.3 is 0 Å². The first-order chi connectivity index (χ1) is 14.7. The maximum Gasteiger partial charge on any atom is 0.266 e. The van der Waals surface area contributed by atoms with Gasteiger partial charge in [0.15, 0.2) is 4.77 Å². The van der Waals surface area contributed by atoms with E-state index in [0.29, 0.717) is 32.9 Å². The molecule has 3 aromatic carbocycles. The molecule has 0 radical (unpaired) electrons. The van der Waals surface area contributed by atoms with Gasteiger partial charge in [0.05, 0.1) is 21.6 Å². The molecule has 1 heterocycles. The number of benzene rings is 3. The third-order valence-corrected chi connectivity index (χ3v) is 5.73. The molecule has 0 unspecified atom stereocenters. The molecule has 9 heteroatoms. The van der Waals surface area contributed by atoms with E-state index in [1.807, 2.05) is 6.92 Å². The van der Waals surface area contributed by atoms with Crippen LogP contribution in [0.5, 0.6) is 0 Å². The Morgan fingerprint density at radius 2 is 1.84 bits per heavy atom. The number of hydrogen-bond acceptors (Lipinski definition) is 3. The molecule has 0 aliphatic carbocycles. The average Bonchev–Trinajstić information content (AvgIpc) is 2.73. The lowest BCUT2D eigenvalue weighted by molar-refractivity contribution is 0.102. The zero-order chi connectivity index (χ0) is 22.3. The van der Waals surface area contributed by atoms with Gasteiger partial charge in [-0.3, -0.25) is 14.2 Å². The minimum absolute atomic E-state index is 0.0862. The minimum atomic E-state index is -0.598. The highest BCUT2D eigenvalue weighted by molar-refractivity contribution is 7.71. The molecular weight excluding hydrogens is 460 g/mol. The van der Waals surface area contributed by atoms with Crippen molar-refractivity contribution in [2.45, 2.75) is 6.92 Å². The molecule has 5 nitrogen and oxygen atoms in total. The van der Waals surface area contributed by atoms with Crippen molar-refractivity contribution < 1.29 is 9.18 Å². The van der Waals surface area contributed by atoms with Crippen LogP contribution in [0.4, 0.5) is 10.1 Å². The normalized spacial score (nSPS) is 11.0. The van der Waals surface area contributed by atoms with E-state index < -0.39 is 11.4 Å². The Balaban J connectivity index is 1.74. The number of aromatic amines is 1. The van der Waals surface area contributed by atoms with Crippen molar-refractivity contribution in [3.05, 3.63) is 96.7 Å². The van der Waals surface area contributed by atoms with E-state index in [-0.39, 0.29) is 15.7 Å². The molecule has 0 saturated carbocycles. The summed E-state index contributed by atoms with van der Waals surface area (Å²) in [7, 11) is 0. The third-order valence-electron chi connectivity index (χ3n) is 4.75. The van der Waals surface area contributed by atoms with E-state index in [0.717, 1.165) is 11.6 Å². The number of halogens is 3. The Morgan fingerprint density at radius 1 is 1.06 bits per heavy atom. The topological polar surface area (TPSA) is 66.9 Å². The molecule has 0 bridgehead atoms. The van der Waals surface area contributed by atoms with Gasteiger partial charge in [-0.1, -0.05) is 29.3 Å². The third kappa shape index (κ3) is 4.12. The summed E-state index contributed by atoms with van der Waals surface area (Å²) in [6, 6.07) is 13.7. The van der Waals surface area contributed by atoms with Gasteiger partial charge in [0.2, 0.25) is 0 Å². The highest BCUT2D eigenvalue weighted by Crippen LogP contribution is 2.22. The molecule has 156 valence electrons. The van der Waals surface area contributed by atoms with E-state index in [1.54, 1.807) is 24.3 Å². The summed E-state index contributed by atoms with van der Waals surface area (Å²) >= 11 is 17.3. The summed E-state index contributed by atoms with van der Waals surface area (Å²) in [4.78, 5) is 28.6. The van der Waals surface area contributed by atoms with Crippen LogP contribution < -0.4 is 10.9 Å². The van der Waals surface area contributed by atoms with Crippen LogP contribution in [-0.4, -0.2) is 15.5 Å². The van der Waals surface area contributed by atoms with Crippen molar-refractivity contribution >= 4 is 57.9 Å². The molecule has 0 aliphatic heterocycles. The van der Waals surface area contributed by atoms with Gasteiger partial charge in [-0.25, -0.2) is 4.39 Å². The highest BCUT2D eigenvalue weighted by atomic mass is 35.5. The van der Waals surface area contributed by atoms with Crippen LogP contribution in [0, 0.1) is 17.5 Å². The molecule has 0 aliphatic rings. The summed E-state index contributed by atoms with van der Waals surface area (Å²) in [5.41, 5.74) is 2.09. The number of carbonyl (C=O) groups is 1. The Kier molecular flexibility index (Phi) is 5.66. The molecule has 0 atom stereocenters. The fourth-order valence-corrected chi connectivity index (χ4v) is 3.75. The van der Waals surface area contributed by atoms with E-state index in [2.05, 4.69) is 10.3 Å². The Morgan fingerprint density at radius 3 is 2.55 bits per heavy atom. The smallest absolute Gasteiger partial charge is 0.266 e. The zero-order valence-corrected chi connectivity index (χ0v) is 18.3. The number of rotatable bonds is 3. The Hall–Kier alpha value is -3.00. The van der Waals surface area contributed by atoms with Gasteiger partial charge in [-0.05, 0) is 73.2 Å². The first-order valence-electron chi connectivity index (χ1n) is 9.06. The van der Waals surface area contributed by atoms with Crippen LogP contribution in [0.15, 0.2) is 59.4 Å². The lowest BCUT2D eigenvalue weighted by Gasteiger charge is -2.10. The lowest BCUT2D eigenvalue weighted by Crippen LogP contribution is -2.21. The Labute approximate surface area is 191 Å². The van der Waals surface area contributed by atoms with Crippen molar-refractivity contribution in [3.63, 3.8) is 0 Å². The van der Waals surface area contributed by atoms with Crippen LogP contribution >= 0.6 is 35.4 Å². The molecular formula is C22H14Cl2FN3O2S. The van der Waals surface area contributed by atoms with Gasteiger partial charge < -0.3 is 10.3 Å². The van der Waals surface area contributed by atoms with Crippen LogP contribution in [0.2, 0.25) is 10.0 Å². The fraction of sp³-hybridized carbons (Fsp3) is 0.0455. The largest absolute Gasteiger partial charge is 0.331 e. The zero-order valence-electron chi connectivity index (χ0n) is 16.0. The molecule has 0 fully saturated rings. The molecule has 1 aromatic heterocycles. The maximum absolute atomic E-state index is 13.5. The Bertz CT molecular complexity index is 1480. The van der Waals surface area contributed by atoms with Crippen LogP contribution in [0.25, 0.3) is 16.6 Å². The number of fused-ring (bicyclic) bond motifs is 1. The number of nitrogens with one attached hydrogen (secondary N) is 2. The monoisotopic (exact) mass is 473 g/mol. The van der Waals surface area contributed by atoms with Gasteiger partial charge in [-0.15, -0.1) is 0 Å². The molecule has 4 aromatic rings. The van der Waals surface area contributed by atoms with E-state index in [4.69, 9.17) is 35.4 Å². The minimum Gasteiger partial charge on any atom is -0.331 e. The first-order valence-corrected chi connectivity index (χ1v) is 10.2. The number of aryl methyl sites for hydroxylation is 1. The summed E-state index contributed by atoms with van der Waals surface area (Å²) in [5, 5.41) is 3.50. The molecule has 4 rings (SSSR count). The van der Waals surface area contributed by atoms with Crippen molar-refractivity contribution in [2.75, 3.05) is 5.32 Å². The summed E-state index contributed by atoms with van der Waals surface area (Å²) in [5.74, 6) is -0.963. The quantitative estimate of drug-likeness (QED) is 0.355. The van der Waals surface area contributed by atoms with Crippen LogP contribution in [-0.2, 0) is 0 Å². The number of nitrogens with zero attached hydrogens (tertiary/aromatic N) is 1. The number of carbonyl (C=O) groups excluding carboxylic acids is 1. The van der Waals surface area contributed by atoms with Crippen LogP contribution in [0.3, 0.4) is 0 Å². The van der Waals surface area contributed by atoms with Crippen molar-refractivity contribution in [1.82, 2.24) is 9.55 Å². The van der Waals surface area contributed by atoms with Gasteiger partial charge in [0, 0.05) is 16.3 Å². The summed E-state index contributed by atoms with van der Waals surface area (Å²) in [6.45, 7) is 1.87. The van der Waals surface area contributed by atoms with Gasteiger partial charge in [0.25, 0.3) is 11.5 Å². The number of anilines is 1. The van der Waals surface area contributed by atoms with Crippen LogP contribution in [0.1, 0.15) is 15.9 Å². The molecule has 2 N–H and O–H groups in total. The predicted octanol–water partition coefficient (Wildman–Crippen LogP) is 6.05. The van der Waals surface area contributed by atoms with Crippen molar-refractivity contribution in [1.29, 1.82) is 0 Å². The lowest BCUT2D eigenvalue weighted by atomic mass is 10.1. The summed E-state index contributed by atoms with van der Waals surface area (Å²) in [6.07, 6.45) is 0. The SMILES string of the molecule is Cc1ccc(NC(=O)c2ccc3c(=O)n(-c4ccc(F)c(Cl)c4)c(=S)[nH]c3c2)cc1Cl. The second-order valence-corrected chi connectivity index (χ2v) is 8.05. The number of aromatic nitrogens is 2. The highest BCUT2D eigenvalue weighted by Gasteiger charge is 2.13. The standard InChI is InChI=1S/C22H14Cl2FN3O2S/c1-11-2-4-13(9-16(11)23)26-20(29)12-3-6-15-19(8-12)27-22(31)28(21(15)30)14-5-7-18(25)17(24)10-14/h2-10H,1H3,(H,26,29)(H,27,31). The van der Waals surface area contributed by atoms with E-state index in [1.165, 1.54) is 28.8 Å². The van der Waals surface area contributed by atoms with Gasteiger partial charge in [0.1, 0.15) is 5.82 Å². The second-order valence-electron chi connectivity index (χ2n) is 6.85. The molecule has 0 spiro atoms. The molecule has 31 heavy (non-hydrogen) atoms. The van der Waals surface area contributed by atoms with Crippen molar-refractivity contribution in [2.24, 2.45) is 0 Å². The average molecular weight is 474 g/mol. The first kappa shape index (κ1) is 21.2. The summed E-state index contributed by atoms with van der Waals surface area (Å²) < 4.78 is 14.8. The van der Waals surface area contributed by atoms with E-state index >= 15 is 0 Å². The second kappa shape index (κ2) is 8.26. The van der Waals surface area contributed by atoms with Gasteiger partial charge in [-0.2, -0.15) is 0 Å². The number of H-pyrrole nitrogens is 1.